The fraction of sp³-hybridized carbons (Fsp3) is 0.339. The fourth-order valence-electron chi connectivity index (χ4n) is 9.39. The van der Waals surface area contributed by atoms with Gasteiger partial charge >= 0.3 is 0 Å². The maximum absolute atomic E-state index is 14.1. The minimum Gasteiger partial charge on any atom is -0.493 e. The summed E-state index contributed by atoms with van der Waals surface area (Å²) in [4.78, 5) is 79.5. The van der Waals surface area contributed by atoms with E-state index < -0.39 is 11.9 Å². The molecular weight excluding hydrogens is 979 g/mol. The Kier molecular flexibility index (Phi) is 15.4. The van der Waals surface area contributed by atoms with Gasteiger partial charge < -0.3 is 35.3 Å². The third-order valence-corrected chi connectivity index (χ3v) is 17.3. The molecule has 4 aliphatic heterocycles. The summed E-state index contributed by atoms with van der Waals surface area (Å²) < 4.78 is 24.2. The number of benzene rings is 5. The number of anilines is 3. The van der Waals surface area contributed by atoms with E-state index in [1.807, 2.05) is 61.5 Å². The predicted molar refractivity (Wildman–Crippen MR) is 292 cm³/mol. The first-order valence-corrected chi connectivity index (χ1v) is 26.8. The Morgan fingerprint density at radius 2 is 1.24 bits per heavy atom. The van der Waals surface area contributed by atoms with Crippen LogP contribution in [0.2, 0.25) is 0 Å². The molecule has 384 valence electrons. The summed E-state index contributed by atoms with van der Waals surface area (Å²) in [6.45, 7) is 7.81. The number of amides is 5. The van der Waals surface area contributed by atoms with E-state index in [-0.39, 0.29) is 65.3 Å². The lowest BCUT2D eigenvalue weighted by atomic mass is 10.1. The number of fused-ring (bicyclic) bond motifs is 8. The van der Waals surface area contributed by atoms with Crippen molar-refractivity contribution in [2.24, 2.45) is 15.7 Å². The summed E-state index contributed by atoms with van der Waals surface area (Å²) in [6.07, 6.45) is 6.68. The van der Waals surface area contributed by atoms with E-state index in [9.17, 15) is 24.0 Å². The lowest BCUT2D eigenvalue weighted by Crippen LogP contribution is -2.42. The molecular formula is C56H59N7O9S2. The number of nitrogens with one attached hydrogen (secondary N) is 2. The van der Waals surface area contributed by atoms with Crippen LogP contribution in [0.25, 0.3) is 0 Å². The van der Waals surface area contributed by atoms with E-state index in [1.165, 1.54) is 14.2 Å². The van der Waals surface area contributed by atoms with Gasteiger partial charge in [0.1, 0.15) is 19.3 Å². The van der Waals surface area contributed by atoms with Crippen molar-refractivity contribution in [2.45, 2.75) is 108 Å². The van der Waals surface area contributed by atoms with Gasteiger partial charge in [-0.25, -0.2) is 0 Å². The molecule has 0 spiro atoms. The number of aliphatic imine (C=N–C) groups is 2. The maximum atomic E-state index is 14.1. The van der Waals surface area contributed by atoms with Crippen molar-refractivity contribution < 1.29 is 42.9 Å². The second-order valence-electron chi connectivity index (χ2n) is 19.4. The van der Waals surface area contributed by atoms with Crippen LogP contribution in [0.5, 0.6) is 23.0 Å². The molecule has 4 atom stereocenters. The molecule has 16 nitrogen and oxygen atoms in total. The highest BCUT2D eigenvalue weighted by atomic mass is 33.1. The zero-order valence-electron chi connectivity index (χ0n) is 42.1. The van der Waals surface area contributed by atoms with Gasteiger partial charge in [0.25, 0.3) is 11.8 Å². The lowest BCUT2D eigenvalue weighted by Gasteiger charge is -2.25. The van der Waals surface area contributed by atoms with Crippen LogP contribution in [0.1, 0.15) is 96.3 Å². The van der Waals surface area contributed by atoms with Crippen LogP contribution in [0.15, 0.2) is 101 Å². The van der Waals surface area contributed by atoms with E-state index in [2.05, 4.69) is 24.5 Å². The molecule has 4 heterocycles. The van der Waals surface area contributed by atoms with Crippen LogP contribution in [-0.4, -0.2) is 84.3 Å². The number of carbonyl (C=O) groups is 5. The van der Waals surface area contributed by atoms with E-state index >= 15 is 0 Å². The van der Waals surface area contributed by atoms with E-state index in [1.54, 1.807) is 87.1 Å². The van der Waals surface area contributed by atoms with Crippen LogP contribution >= 0.6 is 21.6 Å². The molecule has 0 fully saturated rings. The predicted octanol–water partition coefficient (Wildman–Crippen LogP) is 9.47. The molecule has 0 aliphatic carbocycles. The Balaban J connectivity index is 0.927. The summed E-state index contributed by atoms with van der Waals surface area (Å²) in [5.41, 5.74) is 12.6. The first-order chi connectivity index (χ1) is 35.6. The van der Waals surface area contributed by atoms with Crippen LogP contribution in [0.3, 0.4) is 0 Å². The Morgan fingerprint density at radius 3 is 1.74 bits per heavy atom. The van der Waals surface area contributed by atoms with Crippen molar-refractivity contribution in [1.82, 2.24) is 5.32 Å². The quantitative estimate of drug-likeness (QED) is 0.0627. The summed E-state index contributed by atoms with van der Waals surface area (Å²) in [7, 11) is 6.35. The minimum atomic E-state index is -0.881. The van der Waals surface area contributed by atoms with Gasteiger partial charge in [0.05, 0.1) is 48.8 Å². The normalized spacial score (nSPS) is 16.8. The molecule has 1 unspecified atom stereocenters. The van der Waals surface area contributed by atoms with E-state index in [4.69, 9.17) is 34.7 Å². The van der Waals surface area contributed by atoms with Gasteiger partial charge in [0.15, 0.2) is 23.0 Å². The highest BCUT2D eigenvalue weighted by Crippen LogP contribution is 2.44. The SMILES string of the molecule is COc1cc2c(cc1OCc1cc(COc3cc4c(cc3OC)C(=O)N3c5ccccc5C[C@H]3C=N4)cc(NC(=O)[C@H](C)NC(=O)CCC(C)(C)SSC(C)CCC(N)=O)c1)N=C[C@@H]1Cc3ccccc3N1C2=O. The monoisotopic (exact) mass is 1040 g/mol. The largest absolute Gasteiger partial charge is 0.493 e. The molecule has 5 amide bonds. The van der Waals surface area contributed by atoms with Crippen molar-refractivity contribution in [3.05, 3.63) is 124 Å². The number of nitrogens with two attached hydrogens (primary N) is 1. The number of hydrogen-bond acceptors (Lipinski definition) is 13. The van der Waals surface area contributed by atoms with Crippen LogP contribution < -0.4 is 45.1 Å². The number of rotatable bonds is 20. The second kappa shape index (κ2) is 22.0. The van der Waals surface area contributed by atoms with Gasteiger partial charge in [-0.2, -0.15) is 0 Å². The van der Waals surface area contributed by atoms with Gasteiger partial charge in [0, 0.05) is 77.3 Å². The Morgan fingerprint density at radius 1 is 0.730 bits per heavy atom. The molecule has 0 saturated carbocycles. The molecule has 4 N–H and O–H groups in total. The Labute approximate surface area is 438 Å². The molecule has 18 heteroatoms. The number of ether oxygens (including phenoxy) is 4. The average Bonchev–Trinajstić information content (AvgIpc) is 3.88. The second-order valence-corrected chi connectivity index (χ2v) is 22.7. The van der Waals surface area contributed by atoms with E-state index in [0.717, 1.165) is 22.5 Å². The van der Waals surface area contributed by atoms with Crippen LogP contribution in [0, 0.1) is 0 Å². The standard InChI is InChI=1S/C56H59N7O9S2/c1-32(15-16-51(57)64)73-74-56(3,4)18-17-52(65)60-33(2)53(66)61-38-20-34(30-71-49-26-43-41(24-47(49)69-5)54(67)62-39(28-58-43)22-36-11-7-9-13-45(36)62)19-35(21-38)31-72-50-27-44-42(25-48(50)70-6)55(68)63-40(29-59-44)23-37-12-8-10-14-46(37)63/h7-14,19-21,24-29,32-33,39-40H,15-18,22-23,30-31H2,1-6H3,(H2,57,64)(H,60,65)(H,61,66)/t32?,33-,39-,40-/m0/s1. The van der Waals surface area contributed by atoms with Crippen molar-refractivity contribution >= 4 is 92.0 Å². The molecule has 9 rings (SSSR count). The zero-order chi connectivity index (χ0) is 52.3. The smallest absolute Gasteiger partial charge is 0.261 e. The number of hydrogen-bond donors (Lipinski definition) is 3. The maximum Gasteiger partial charge on any atom is 0.261 e. The lowest BCUT2D eigenvalue weighted by molar-refractivity contribution is -0.126. The molecule has 0 saturated heterocycles. The molecule has 0 radical (unpaired) electrons. The van der Waals surface area contributed by atoms with Crippen LogP contribution in [0.4, 0.5) is 28.4 Å². The van der Waals surface area contributed by atoms with Gasteiger partial charge in [-0.05, 0) is 98.3 Å². The first kappa shape index (κ1) is 51.6. The summed E-state index contributed by atoms with van der Waals surface area (Å²) in [5, 5.41) is 6.04. The molecule has 5 aromatic carbocycles. The van der Waals surface area contributed by atoms with Crippen molar-refractivity contribution in [2.75, 3.05) is 29.3 Å². The molecule has 0 aromatic heterocycles. The Hall–Kier alpha value is -7.31. The summed E-state index contributed by atoms with van der Waals surface area (Å²) in [6, 6.07) is 26.5. The van der Waals surface area contributed by atoms with Crippen molar-refractivity contribution in [1.29, 1.82) is 0 Å². The van der Waals surface area contributed by atoms with Crippen LogP contribution in [-0.2, 0) is 40.4 Å². The molecule has 74 heavy (non-hydrogen) atoms. The molecule has 5 aromatic rings. The summed E-state index contributed by atoms with van der Waals surface area (Å²) >= 11 is 0. The zero-order valence-corrected chi connectivity index (χ0v) is 43.8. The van der Waals surface area contributed by atoms with Gasteiger partial charge in [-0.3, -0.25) is 43.8 Å². The highest BCUT2D eigenvalue weighted by Gasteiger charge is 2.38. The molecule has 0 bridgehead atoms. The third kappa shape index (κ3) is 11.4. The topological polar surface area (TPSA) is 204 Å². The summed E-state index contributed by atoms with van der Waals surface area (Å²) in [5.74, 6) is -0.00703. The highest BCUT2D eigenvalue weighted by molar-refractivity contribution is 8.77. The van der Waals surface area contributed by atoms with Gasteiger partial charge in [-0.15, -0.1) is 0 Å². The first-order valence-electron chi connectivity index (χ1n) is 24.5. The number of methoxy groups -OCH3 is 2. The van der Waals surface area contributed by atoms with E-state index in [0.29, 0.717) is 94.4 Å². The van der Waals surface area contributed by atoms with Crippen molar-refractivity contribution in [3.8, 4) is 23.0 Å². The Bertz CT molecular complexity index is 2930. The number of primary amides is 1. The van der Waals surface area contributed by atoms with Gasteiger partial charge in [0.2, 0.25) is 17.7 Å². The van der Waals surface area contributed by atoms with Gasteiger partial charge in [-0.1, -0.05) is 64.9 Å². The fourth-order valence-corrected chi connectivity index (χ4v) is 12.0. The average molecular weight is 1040 g/mol. The van der Waals surface area contributed by atoms with Crippen molar-refractivity contribution in [3.63, 3.8) is 0 Å². The number of carbonyl (C=O) groups excluding carboxylic acids is 5. The third-order valence-electron chi connectivity index (χ3n) is 13.3. The minimum absolute atomic E-state index is 0.00766. The number of nitrogens with zero attached hydrogens (tertiary/aromatic N) is 4. The number of para-hydroxylation sites is 2. The molecule has 4 aliphatic rings.